The minimum atomic E-state index is -0.305. The first-order valence-electron chi connectivity index (χ1n) is 6.04. The highest BCUT2D eigenvalue weighted by atomic mass is 16.6. The van der Waals surface area contributed by atoms with Gasteiger partial charge in [0.2, 0.25) is 0 Å². The van der Waals surface area contributed by atoms with Gasteiger partial charge in [-0.15, -0.1) is 0 Å². The van der Waals surface area contributed by atoms with E-state index in [1.807, 2.05) is 13.8 Å². The molecule has 1 aromatic carbocycles. The maximum Gasteiger partial charge on any atom is 0.274 e. The molecular formula is C13H19NO4. The molecule has 5 nitrogen and oxygen atoms in total. The van der Waals surface area contributed by atoms with E-state index in [1.54, 1.807) is 25.1 Å². The van der Waals surface area contributed by atoms with Gasteiger partial charge in [-0.2, -0.15) is 0 Å². The van der Waals surface area contributed by atoms with Gasteiger partial charge in [-0.1, -0.05) is 0 Å². The van der Waals surface area contributed by atoms with Crippen LogP contribution in [0.1, 0.15) is 31.1 Å². The van der Waals surface area contributed by atoms with Crippen LogP contribution in [0.4, 0.5) is 0 Å². The molecule has 5 heteroatoms. The van der Waals surface area contributed by atoms with Gasteiger partial charge < -0.3 is 9.47 Å². The smallest absolute Gasteiger partial charge is 0.274 e. The Morgan fingerprint density at radius 2 is 1.72 bits per heavy atom. The number of nitrogens with one attached hydrogen (secondary N) is 1. The molecule has 0 unspecified atom stereocenters. The van der Waals surface area contributed by atoms with E-state index >= 15 is 0 Å². The van der Waals surface area contributed by atoms with Gasteiger partial charge in [-0.25, -0.2) is 5.48 Å². The molecule has 0 spiro atoms. The van der Waals surface area contributed by atoms with E-state index in [4.69, 9.17) is 14.3 Å². The Bertz CT molecular complexity index is 393. The molecule has 1 rings (SSSR count). The normalized spacial score (nSPS) is 9.94. The third-order valence-electron chi connectivity index (χ3n) is 2.11. The van der Waals surface area contributed by atoms with Gasteiger partial charge in [0.15, 0.2) is 11.5 Å². The first kappa shape index (κ1) is 14.3. The number of carbonyl (C=O) groups excluding carboxylic acids is 1. The van der Waals surface area contributed by atoms with Crippen molar-refractivity contribution in [2.45, 2.75) is 20.8 Å². The topological polar surface area (TPSA) is 56.8 Å². The molecule has 1 amide bonds. The molecule has 0 saturated heterocycles. The number of hydrogen-bond donors (Lipinski definition) is 1. The van der Waals surface area contributed by atoms with Crippen molar-refractivity contribution in [3.8, 4) is 11.5 Å². The van der Waals surface area contributed by atoms with Crippen molar-refractivity contribution >= 4 is 5.91 Å². The van der Waals surface area contributed by atoms with Crippen molar-refractivity contribution in [3.05, 3.63) is 23.8 Å². The Morgan fingerprint density at radius 1 is 1.06 bits per heavy atom. The number of amides is 1. The maximum absolute atomic E-state index is 11.7. The van der Waals surface area contributed by atoms with Gasteiger partial charge in [0.25, 0.3) is 5.91 Å². The van der Waals surface area contributed by atoms with Crippen LogP contribution in [-0.4, -0.2) is 25.7 Å². The quantitative estimate of drug-likeness (QED) is 0.757. The minimum absolute atomic E-state index is 0.305. The molecule has 0 aliphatic rings. The number of rotatable bonds is 7. The summed E-state index contributed by atoms with van der Waals surface area (Å²) in [5.74, 6) is 0.886. The summed E-state index contributed by atoms with van der Waals surface area (Å²) in [4.78, 5) is 16.6. The van der Waals surface area contributed by atoms with E-state index in [0.717, 1.165) is 0 Å². The van der Waals surface area contributed by atoms with Crippen molar-refractivity contribution in [1.82, 2.24) is 5.48 Å². The predicted octanol–water partition coefficient (Wildman–Crippen LogP) is 2.17. The maximum atomic E-state index is 11.7. The Labute approximate surface area is 107 Å². The van der Waals surface area contributed by atoms with E-state index in [1.165, 1.54) is 0 Å². The van der Waals surface area contributed by atoms with Crippen LogP contribution >= 0.6 is 0 Å². The molecule has 0 aliphatic carbocycles. The van der Waals surface area contributed by atoms with Crippen molar-refractivity contribution in [2.24, 2.45) is 0 Å². The summed E-state index contributed by atoms with van der Waals surface area (Å²) in [5.41, 5.74) is 2.80. The lowest BCUT2D eigenvalue weighted by Gasteiger charge is -2.12. The van der Waals surface area contributed by atoms with Crippen LogP contribution in [0, 0.1) is 0 Å². The summed E-state index contributed by atoms with van der Waals surface area (Å²) in [7, 11) is 0. The minimum Gasteiger partial charge on any atom is -0.490 e. The molecule has 1 aromatic rings. The summed E-state index contributed by atoms with van der Waals surface area (Å²) in [6, 6.07) is 5.03. The summed E-state index contributed by atoms with van der Waals surface area (Å²) >= 11 is 0. The standard InChI is InChI=1S/C13H19NO4/c1-4-16-11-8-7-10(9-12(11)17-5-2)13(15)14-18-6-3/h7-9H,4-6H2,1-3H3,(H,14,15). The molecule has 18 heavy (non-hydrogen) atoms. The lowest BCUT2D eigenvalue weighted by atomic mass is 10.2. The Morgan fingerprint density at radius 3 is 2.33 bits per heavy atom. The zero-order chi connectivity index (χ0) is 13.4. The van der Waals surface area contributed by atoms with E-state index in [2.05, 4.69) is 5.48 Å². The van der Waals surface area contributed by atoms with Gasteiger partial charge in [-0.3, -0.25) is 9.63 Å². The number of hydroxylamine groups is 1. The van der Waals surface area contributed by atoms with E-state index in [0.29, 0.717) is 36.9 Å². The molecule has 0 fully saturated rings. The van der Waals surface area contributed by atoms with E-state index in [9.17, 15) is 4.79 Å². The first-order chi connectivity index (χ1) is 8.72. The van der Waals surface area contributed by atoms with Crippen LogP contribution in [0.15, 0.2) is 18.2 Å². The van der Waals surface area contributed by atoms with Crippen molar-refractivity contribution in [3.63, 3.8) is 0 Å². The highest BCUT2D eigenvalue weighted by Gasteiger charge is 2.11. The third kappa shape index (κ3) is 3.92. The van der Waals surface area contributed by atoms with E-state index in [-0.39, 0.29) is 5.91 Å². The second kappa shape index (κ2) is 7.55. The predicted molar refractivity (Wildman–Crippen MR) is 67.9 cm³/mol. The average molecular weight is 253 g/mol. The SMILES string of the molecule is CCONC(=O)c1ccc(OCC)c(OCC)c1. The molecule has 0 radical (unpaired) electrons. The summed E-state index contributed by atoms with van der Waals surface area (Å²) in [6.07, 6.45) is 0. The van der Waals surface area contributed by atoms with Crippen LogP contribution in [0.25, 0.3) is 0 Å². The summed E-state index contributed by atoms with van der Waals surface area (Å²) < 4.78 is 10.9. The molecule has 100 valence electrons. The fraction of sp³-hybridized carbons (Fsp3) is 0.462. The Hall–Kier alpha value is -1.75. The fourth-order valence-corrected chi connectivity index (χ4v) is 1.39. The molecular weight excluding hydrogens is 234 g/mol. The van der Waals surface area contributed by atoms with Gasteiger partial charge >= 0.3 is 0 Å². The molecule has 1 N–H and O–H groups in total. The van der Waals surface area contributed by atoms with Crippen LogP contribution < -0.4 is 15.0 Å². The Balaban J connectivity index is 2.87. The third-order valence-corrected chi connectivity index (χ3v) is 2.11. The zero-order valence-electron chi connectivity index (χ0n) is 11.0. The highest BCUT2D eigenvalue weighted by Crippen LogP contribution is 2.28. The van der Waals surface area contributed by atoms with E-state index < -0.39 is 0 Å². The second-order valence-corrected chi connectivity index (χ2v) is 3.39. The molecule has 0 heterocycles. The molecule has 0 aliphatic heterocycles. The van der Waals surface area contributed by atoms with Gasteiger partial charge in [-0.05, 0) is 39.0 Å². The van der Waals surface area contributed by atoms with Crippen molar-refractivity contribution in [2.75, 3.05) is 19.8 Å². The van der Waals surface area contributed by atoms with Crippen molar-refractivity contribution in [1.29, 1.82) is 0 Å². The molecule has 0 bridgehead atoms. The van der Waals surface area contributed by atoms with Gasteiger partial charge in [0, 0.05) is 5.56 Å². The molecule has 0 atom stereocenters. The fourth-order valence-electron chi connectivity index (χ4n) is 1.39. The van der Waals surface area contributed by atoms with Crippen molar-refractivity contribution < 1.29 is 19.1 Å². The second-order valence-electron chi connectivity index (χ2n) is 3.39. The zero-order valence-corrected chi connectivity index (χ0v) is 11.0. The number of ether oxygens (including phenoxy) is 2. The lowest BCUT2D eigenvalue weighted by Crippen LogP contribution is -2.23. The molecule has 0 saturated carbocycles. The Kier molecular flexibility index (Phi) is 6.00. The van der Waals surface area contributed by atoms with Crippen LogP contribution in [0.2, 0.25) is 0 Å². The summed E-state index contributed by atoms with van der Waals surface area (Å²) in [5, 5.41) is 0. The van der Waals surface area contributed by atoms with Crippen LogP contribution in [-0.2, 0) is 4.84 Å². The van der Waals surface area contributed by atoms with Crippen LogP contribution in [0.3, 0.4) is 0 Å². The number of hydrogen-bond acceptors (Lipinski definition) is 4. The summed E-state index contributed by atoms with van der Waals surface area (Å²) in [6.45, 7) is 7.04. The largest absolute Gasteiger partial charge is 0.490 e. The monoisotopic (exact) mass is 253 g/mol. The lowest BCUT2D eigenvalue weighted by molar-refractivity contribution is 0.0364. The number of carbonyl (C=O) groups is 1. The first-order valence-corrected chi connectivity index (χ1v) is 6.04. The van der Waals surface area contributed by atoms with Gasteiger partial charge in [0.05, 0.1) is 19.8 Å². The van der Waals surface area contributed by atoms with Gasteiger partial charge in [0.1, 0.15) is 0 Å². The van der Waals surface area contributed by atoms with Crippen LogP contribution in [0.5, 0.6) is 11.5 Å². The molecule has 0 aromatic heterocycles. The average Bonchev–Trinajstić information content (AvgIpc) is 2.38. The highest BCUT2D eigenvalue weighted by molar-refractivity contribution is 5.94. The number of benzene rings is 1.